The third kappa shape index (κ3) is 4.61. The number of hydrogen-bond acceptors (Lipinski definition) is 7. The number of aryl methyl sites for hydroxylation is 1. The third-order valence-electron chi connectivity index (χ3n) is 8.79. The van der Waals surface area contributed by atoms with E-state index in [9.17, 15) is 9.59 Å². The molecule has 0 bridgehead atoms. The molecule has 5 heterocycles. The Morgan fingerprint density at radius 3 is 2.73 bits per heavy atom. The van der Waals surface area contributed by atoms with Crippen LogP contribution in [0.4, 0.5) is 5.82 Å². The van der Waals surface area contributed by atoms with Crippen LogP contribution in [-0.4, -0.2) is 59.0 Å². The first-order chi connectivity index (χ1) is 21.6. The predicted octanol–water partition coefficient (Wildman–Crippen LogP) is 6.20. The molecule has 2 aromatic carbocycles. The minimum Gasteiger partial charge on any atom is -0.486 e. The maximum Gasteiger partial charge on any atom is 0.354 e. The minimum atomic E-state index is -0.440. The Labute approximate surface area is 278 Å². The van der Waals surface area contributed by atoms with Crippen LogP contribution < -0.4 is 15.3 Å². The highest BCUT2D eigenvalue weighted by atomic mass is 127. The van der Waals surface area contributed by atoms with E-state index in [2.05, 4.69) is 53.3 Å². The van der Waals surface area contributed by atoms with E-state index >= 15 is 0 Å². The van der Waals surface area contributed by atoms with Crippen molar-refractivity contribution in [2.45, 2.75) is 46.3 Å². The largest absolute Gasteiger partial charge is 0.486 e. The number of carbonyl (C=O) groups is 1. The first-order valence-electron chi connectivity index (χ1n) is 14.8. The molecular formula is C33H31ClIN7O3. The Balaban J connectivity index is 1.58. The van der Waals surface area contributed by atoms with E-state index in [0.717, 1.165) is 33.3 Å². The molecule has 0 N–H and O–H groups in total. The van der Waals surface area contributed by atoms with Gasteiger partial charge in [0.25, 0.3) is 0 Å². The second-order valence-electron chi connectivity index (χ2n) is 11.9. The van der Waals surface area contributed by atoms with Crippen molar-refractivity contribution in [1.29, 1.82) is 0 Å². The van der Waals surface area contributed by atoms with Crippen LogP contribution in [0.3, 0.4) is 0 Å². The number of fused-ring (bicyclic) bond motifs is 7. The van der Waals surface area contributed by atoms with Gasteiger partial charge in [-0.2, -0.15) is 10.1 Å². The molecule has 10 nitrogen and oxygen atoms in total. The number of amides is 1. The molecule has 7 rings (SSSR count). The van der Waals surface area contributed by atoms with Crippen LogP contribution in [0.2, 0.25) is 5.02 Å². The summed E-state index contributed by atoms with van der Waals surface area (Å²) in [5, 5.41) is 6.63. The van der Waals surface area contributed by atoms with Crippen LogP contribution in [0.1, 0.15) is 43.5 Å². The molecule has 2 aliphatic heterocycles. The summed E-state index contributed by atoms with van der Waals surface area (Å²) < 4.78 is 10.0. The highest BCUT2D eigenvalue weighted by Crippen LogP contribution is 2.50. The lowest BCUT2D eigenvalue weighted by Crippen LogP contribution is -2.54. The van der Waals surface area contributed by atoms with Crippen molar-refractivity contribution in [2.24, 2.45) is 0 Å². The van der Waals surface area contributed by atoms with Crippen LogP contribution in [0.5, 0.6) is 5.75 Å². The molecule has 0 saturated carbocycles. The molecule has 45 heavy (non-hydrogen) atoms. The summed E-state index contributed by atoms with van der Waals surface area (Å²) in [6.07, 6.45) is 4.95. The van der Waals surface area contributed by atoms with E-state index in [-0.39, 0.29) is 17.9 Å². The standard InChI is InChI=1S/C33H31ClIN7O3/c1-6-25(43)39-11-12-40(19(5)15-39)32-21-13-23(34)27-26-20(7-8-24-22(26)14-37-42(24)35)16-45-31(27)30(21)41(33(44)38-32)29-18(4)9-10-36-28(29)17(2)3/h6-10,13-14,17,19H,1,11-12,15-16H2,2-5H3/t19-/m0/s1. The molecule has 2 aliphatic rings. The maximum absolute atomic E-state index is 14.4. The molecule has 0 unspecified atom stereocenters. The molecule has 1 amide bonds. The van der Waals surface area contributed by atoms with Crippen LogP contribution in [0, 0.1) is 6.92 Å². The molecule has 12 heteroatoms. The third-order valence-corrected chi connectivity index (χ3v) is 9.86. The molecule has 5 aromatic rings. The van der Waals surface area contributed by atoms with Gasteiger partial charge in [0, 0.05) is 53.8 Å². The first kappa shape index (κ1) is 29.7. The van der Waals surface area contributed by atoms with Gasteiger partial charge in [-0.25, -0.2) is 7.69 Å². The zero-order valence-electron chi connectivity index (χ0n) is 25.3. The fourth-order valence-corrected chi connectivity index (χ4v) is 7.51. The number of nitrogens with zero attached hydrogens (tertiary/aromatic N) is 7. The van der Waals surface area contributed by atoms with Gasteiger partial charge in [-0.1, -0.05) is 38.1 Å². The van der Waals surface area contributed by atoms with Crippen LogP contribution in [0.15, 0.2) is 54.1 Å². The smallest absolute Gasteiger partial charge is 0.354 e. The minimum absolute atomic E-state index is 0.0379. The fourth-order valence-electron chi connectivity index (χ4n) is 6.67. The number of anilines is 1. The van der Waals surface area contributed by atoms with Crippen molar-refractivity contribution in [3.8, 4) is 22.6 Å². The highest BCUT2D eigenvalue weighted by molar-refractivity contribution is 14.1. The summed E-state index contributed by atoms with van der Waals surface area (Å²) >= 11 is 9.38. The number of benzene rings is 2. The van der Waals surface area contributed by atoms with Gasteiger partial charge in [0.2, 0.25) is 5.91 Å². The number of carbonyl (C=O) groups excluding carboxylic acids is 1. The fraction of sp³-hybridized carbons (Fsp3) is 0.303. The van der Waals surface area contributed by atoms with Crippen molar-refractivity contribution < 1.29 is 9.53 Å². The van der Waals surface area contributed by atoms with Gasteiger partial charge in [0.05, 0.1) is 51.0 Å². The van der Waals surface area contributed by atoms with E-state index in [1.54, 1.807) is 15.7 Å². The van der Waals surface area contributed by atoms with Gasteiger partial charge in [-0.3, -0.25) is 14.3 Å². The summed E-state index contributed by atoms with van der Waals surface area (Å²) in [5.74, 6) is 0.948. The Bertz CT molecular complexity index is 2120. The normalized spacial score (nSPS) is 16.2. The molecular weight excluding hydrogens is 705 g/mol. The number of rotatable bonds is 4. The van der Waals surface area contributed by atoms with Crippen molar-refractivity contribution in [3.63, 3.8) is 0 Å². The number of hydrogen-bond donors (Lipinski definition) is 0. The summed E-state index contributed by atoms with van der Waals surface area (Å²) in [4.78, 5) is 40.1. The average molecular weight is 736 g/mol. The van der Waals surface area contributed by atoms with Gasteiger partial charge in [-0.15, -0.1) is 0 Å². The predicted molar refractivity (Wildman–Crippen MR) is 185 cm³/mol. The summed E-state index contributed by atoms with van der Waals surface area (Å²) in [6, 6.07) is 7.75. The molecule has 230 valence electrons. The second kappa shape index (κ2) is 11.1. The summed E-state index contributed by atoms with van der Waals surface area (Å²) in [5.41, 5.74) is 6.11. The molecule has 0 radical (unpaired) electrons. The number of ether oxygens (including phenoxy) is 1. The van der Waals surface area contributed by atoms with Gasteiger partial charge >= 0.3 is 5.69 Å². The van der Waals surface area contributed by atoms with E-state index in [4.69, 9.17) is 26.3 Å². The van der Waals surface area contributed by atoms with Crippen LogP contribution >= 0.6 is 34.5 Å². The number of pyridine rings is 1. The Kier molecular flexibility index (Phi) is 7.35. The van der Waals surface area contributed by atoms with Gasteiger partial charge in [0.1, 0.15) is 17.9 Å². The van der Waals surface area contributed by atoms with Crippen LogP contribution in [0.25, 0.3) is 38.6 Å². The summed E-state index contributed by atoms with van der Waals surface area (Å²) in [7, 11) is 0. The number of aromatic nitrogens is 5. The topological polar surface area (TPSA) is 98.4 Å². The zero-order valence-corrected chi connectivity index (χ0v) is 28.3. The van der Waals surface area contributed by atoms with Crippen LogP contribution in [-0.2, 0) is 11.4 Å². The van der Waals surface area contributed by atoms with Crippen molar-refractivity contribution in [2.75, 3.05) is 24.5 Å². The Morgan fingerprint density at radius 2 is 2.00 bits per heavy atom. The summed E-state index contributed by atoms with van der Waals surface area (Å²) in [6.45, 7) is 13.5. The Hall–Kier alpha value is -3.97. The van der Waals surface area contributed by atoms with Crippen molar-refractivity contribution in [3.05, 3.63) is 81.6 Å². The average Bonchev–Trinajstić information content (AvgIpc) is 3.41. The molecule has 3 aromatic heterocycles. The second-order valence-corrected chi connectivity index (χ2v) is 13.2. The lowest BCUT2D eigenvalue weighted by molar-refractivity contribution is -0.126. The first-order valence-corrected chi connectivity index (χ1v) is 16.2. The van der Waals surface area contributed by atoms with Crippen molar-refractivity contribution in [1.82, 2.24) is 27.4 Å². The van der Waals surface area contributed by atoms with E-state index in [0.29, 0.717) is 65.0 Å². The molecule has 1 fully saturated rings. The lowest BCUT2D eigenvalue weighted by atomic mass is 9.92. The molecule has 0 spiro atoms. The van der Waals surface area contributed by atoms with Gasteiger partial charge < -0.3 is 14.5 Å². The van der Waals surface area contributed by atoms with E-state index < -0.39 is 5.69 Å². The van der Waals surface area contributed by atoms with Gasteiger partial charge in [-0.05, 0) is 55.2 Å². The number of piperazine rings is 1. The Morgan fingerprint density at radius 1 is 1.20 bits per heavy atom. The lowest BCUT2D eigenvalue weighted by Gasteiger charge is -2.40. The quantitative estimate of drug-likeness (QED) is 0.160. The maximum atomic E-state index is 14.4. The SMILES string of the molecule is C=CC(=O)N1CCN(c2nc(=O)n(-c3c(C)ccnc3C(C)C)c3c4c(c(Cl)cc23)-c2c(ccc3c2cnn3I)CO4)[C@@H](C)C1. The molecule has 1 atom stereocenters. The zero-order chi connectivity index (χ0) is 31.7. The monoisotopic (exact) mass is 735 g/mol. The van der Waals surface area contributed by atoms with Gasteiger partial charge in [0.15, 0.2) is 5.75 Å². The molecule has 0 aliphatic carbocycles. The number of halogens is 2. The van der Waals surface area contributed by atoms with E-state index in [1.807, 2.05) is 47.2 Å². The molecule has 1 saturated heterocycles. The van der Waals surface area contributed by atoms with E-state index in [1.165, 1.54) is 6.08 Å². The van der Waals surface area contributed by atoms with Crippen molar-refractivity contribution >= 4 is 68.0 Å². The highest BCUT2D eigenvalue weighted by Gasteiger charge is 2.34.